The summed E-state index contributed by atoms with van der Waals surface area (Å²) in [7, 11) is 0. The Morgan fingerprint density at radius 1 is 0.778 bits per heavy atom. The Kier molecular flexibility index (Phi) is 1.66. The number of fused-ring (bicyclic) bond motifs is 5. The summed E-state index contributed by atoms with van der Waals surface area (Å²) in [5, 5.41) is 0. The minimum atomic E-state index is 0.804. The van der Waals surface area contributed by atoms with Crippen molar-refractivity contribution in [2.75, 3.05) is 0 Å². The molecule has 4 heteroatoms. The second kappa shape index (κ2) is 3.10. The summed E-state index contributed by atoms with van der Waals surface area (Å²) in [5.74, 6) is 0. The molecule has 0 saturated heterocycles. The zero-order chi connectivity index (χ0) is 12.3. The fourth-order valence-corrected chi connectivity index (χ4v) is 2.57. The monoisotopic (exact) mass is 236 g/mol. The van der Waals surface area contributed by atoms with Gasteiger partial charge in [-0.25, -0.2) is 9.97 Å². The predicted octanol–water partition coefficient (Wildman–Crippen LogP) is 2.75. The molecule has 4 aromatic rings. The molecule has 0 N–H and O–H groups in total. The van der Waals surface area contributed by atoms with Gasteiger partial charge in [0.15, 0.2) is 11.3 Å². The van der Waals surface area contributed by atoms with E-state index in [0.717, 1.165) is 22.6 Å². The summed E-state index contributed by atoms with van der Waals surface area (Å²) in [4.78, 5) is 9.17. The molecule has 0 radical (unpaired) electrons. The number of nitrogens with zero attached hydrogens (tertiary/aromatic N) is 4. The largest absolute Gasteiger partial charge is 0.281 e. The second-order valence-electron chi connectivity index (χ2n) is 4.59. The van der Waals surface area contributed by atoms with Gasteiger partial charge in [0, 0.05) is 11.4 Å². The van der Waals surface area contributed by atoms with Gasteiger partial charge in [0.25, 0.3) is 0 Å². The van der Waals surface area contributed by atoms with Crippen LogP contribution in [-0.4, -0.2) is 18.8 Å². The van der Waals surface area contributed by atoms with Gasteiger partial charge in [0.2, 0.25) is 0 Å². The topological polar surface area (TPSA) is 34.6 Å². The number of imidazole rings is 2. The molecule has 4 nitrogen and oxygen atoms in total. The van der Waals surface area contributed by atoms with Gasteiger partial charge < -0.3 is 0 Å². The summed E-state index contributed by atoms with van der Waals surface area (Å²) < 4.78 is 4.31. The third-order valence-corrected chi connectivity index (χ3v) is 3.39. The first-order chi connectivity index (χ1) is 8.75. The number of hydrogen-bond donors (Lipinski definition) is 0. The number of hydrogen-bond acceptors (Lipinski definition) is 2. The van der Waals surface area contributed by atoms with E-state index in [4.69, 9.17) is 0 Å². The highest BCUT2D eigenvalue weighted by atomic mass is 15.2. The molecule has 0 unspecified atom stereocenters. The average molecular weight is 236 g/mol. The van der Waals surface area contributed by atoms with Crippen LogP contribution in [0.4, 0.5) is 0 Å². The van der Waals surface area contributed by atoms with Crippen LogP contribution in [0.25, 0.3) is 22.6 Å². The Morgan fingerprint density at radius 2 is 1.28 bits per heavy atom. The Bertz CT molecular complexity index is 827. The predicted molar refractivity (Wildman–Crippen MR) is 70.9 cm³/mol. The van der Waals surface area contributed by atoms with E-state index < -0.39 is 0 Å². The maximum atomic E-state index is 4.59. The summed E-state index contributed by atoms with van der Waals surface area (Å²) in [6.45, 7) is 4.18. The van der Waals surface area contributed by atoms with Gasteiger partial charge in [-0.1, -0.05) is 12.1 Å². The molecular weight excluding hydrogens is 224 g/mol. The first-order valence-corrected chi connectivity index (χ1v) is 5.97. The third-order valence-electron chi connectivity index (χ3n) is 3.39. The number of aryl methyl sites for hydroxylation is 2. The number of pyridine rings is 2. The van der Waals surface area contributed by atoms with Gasteiger partial charge in [0.05, 0.1) is 0 Å². The molecule has 0 spiro atoms. The molecule has 0 aliphatic rings. The van der Waals surface area contributed by atoms with Gasteiger partial charge in [-0.15, -0.1) is 0 Å². The zero-order valence-corrected chi connectivity index (χ0v) is 10.3. The van der Waals surface area contributed by atoms with Crippen molar-refractivity contribution in [2.45, 2.75) is 13.8 Å². The first kappa shape index (κ1) is 9.65. The van der Waals surface area contributed by atoms with Crippen LogP contribution < -0.4 is 0 Å². The zero-order valence-electron chi connectivity index (χ0n) is 10.3. The van der Waals surface area contributed by atoms with Crippen molar-refractivity contribution in [2.24, 2.45) is 0 Å². The molecule has 0 aromatic carbocycles. The molecule has 0 aliphatic carbocycles. The van der Waals surface area contributed by atoms with Gasteiger partial charge in [-0.05, 0) is 38.1 Å². The molecule has 18 heavy (non-hydrogen) atoms. The van der Waals surface area contributed by atoms with E-state index in [2.05, 4.69) is 44.7 Å². The van der Waals surface area contributed by atoms with Crippen molar-refractivity contribution >= 4 is 22.6 Å². The molecule has 0 fully saturated rings. The van der Waals surface area contributed by atoms with Crippen LogP contribution in [0.1, 0.15) is 11.4 Å². The fourth-order valence-electron chi connectivity index (χ4n) is 2.57. The second-order valence-corrected chi connectivity index (χ2v) is 4.59. The number of aromatic nitrogens is 4. The minimum Gasteiger partial charge on any atom is -0.281 e. The highest BCUT2D eigenvalue weighted by Crippen LogP contribution is 2.21. The third kappa shape index (κ3) is 1.05. The van der Waals surface area contributed by atoms with Gasteiger partial charge >= 0.3 is 0 Å². The molecule has 4 aromatic heterocycles. The van der Waals surface area contributed by atoms with Crippen LogP contribution in [0.5, 0.6) is 0 Å². The van der Waals surface area contributed by atoms with Crippen molar-refractivity contribution in [1.29, 1.82) is 0 Å². The maximum absolute atomic E-state index is 4.59. The van der Waals surface area contributed by atoms with Crippen LogP contribution in [0.2, 0.25) is 0 Å². The Labute approximate surface area is 104 Å². The lowest BCUT2D eigenvalue weighted by Gasteiger charge is -2.03. The summed E-state index contributed by atoms with van der Waals surface area (Å²) in [6.07, 6.45) is 0. The lowest BCUT2D eigenvalue weighted by molar-refractivity contribution is 1.04. The lowest BCUT2D eigenvalue weighted by Crippen LogP contribution is -1.96. The van der Waals surface area contributed by atoms with E-state index in [1.165, 1.54) is 11.4 Å². The summed E-state index contributed by atoms with van der Waals surface area (Å²) >= 11 is 0. The van der Waals surface area contributed by atoms with E-state index in [9.17, 15) is 0 Å². The van der Waals surface area contributed by atoms with Gasteiger partial charge in [-0.2, -0.15) is 0 Å². The van der Waals surface area contributed by atoms with Gasteiger partial charge in [-0.3, -0.25) is 8.80 Å². The van der Waals surface area contributed by atoms with Crippen molar-refractivity contribution in [1.82, 2.24) is 18.8 Å². The quantitative estimate of drug-likeness (QED) is 0.470. The summed E-state index contributed by atoms with van der Waals surface area (Å²) in [5.41, 5.74) is 6.09. The molecule has 0 amide bonds. The van der Waals surface area contributed by atoms with Crippen molar-refractivity contribution in [3.63, 3.8) is 0 Å². The van der Waals surface area contributed by atoms with Crippen LogP contribution in [0, 0.1) is 13.8 Å². The van der Waals surface area contributed by atoms with Crippen LogP contribution in [-0.2, 0) is 0 Å². The molecule has 88 valence electrons. The normalized spacial score (nSPS) is 11.9. The lowest BCUT2D eigenvalue weighted by atomic mass is 10.3. The average Bonchev–Trinajstić information content (AvgIpc) is 2.84. The van der Waals surface area contributed by atoms with Crippen molar-refractivity contribution in [3.8, 4) is 0 Å². The molecule has 4 rings (SSSR count). The molecule has 0 saturated carbocycles. The summed E-state index contributed by atoms with van der Waals surface area (Å²) in [6, 6.07) is 12.3. The molecule has 0 bridgehead atoms. The van der Waals surface area contributed by atoms with E-state index in [-0.39, 0.29) is 0 Å². The standard InChI is InChI=1S/C14H12N4/c1-9-5-3-7-11-15-13-14(17(9)11)18-10(2)6-4-8-12(18)16-13/h3-8H,1-2H3. The smallest absolute Gasteiger partial charge is 0.198 e. The van der Waals surface area contributed by atoms with Crippen LogP contribution in [0.3, 0.4) is 0 Å². The molecular formula is C14H12N4. The van der Waals surface area contributed by atoms with Gasteiger partial charge in [0.1, 0.15) is 11.3 Å². The highest BCUT2D eigenvalue weighted by Gasteiger charge is 2.13. The first-order valence-electron chi connectivity index (χ1n) is 5.97. The van der Waals surface area contributed by atoms with Crippen molar-refractivity contribution in [3.05, 3.63) is 47.8 Å². The Balaban J connectivity index is 2.40. The molecule has 0 aliphatic heterocycles. The fraction of sp³-hybridized carbons (Fsp3) is 0.143. The maximum Gasteiger partial charge on any atom is 0.198 e. The Hall–Kier alpha value is -2.36. The SMILES string of the molecule is Cc1cccc2nc3nc4cccc(C)n4c3n12. The Morgan fingerprint density at radius 3 is 1.78 bits per heavy atom. The van der Waals surface area contributed by atoms with E-state index in [1.807, 2.05) is 24.3 Å². The van der Waals surface area contributed by atoms with E-state index in [1.54, 1.807) is 0 Å². The molecule has 4 heterocycles. The van der Waals surface area contributed by atoms with E-state index in [0.29, 0.717) is 0 Å². The van der Waals surface area contributed by atoms with Crippen LogP contribution >= 0.6 is 0 Å². The van der Waals surface area contributed by atoms with Crippen LogP contribution in [0.15, 0.2) is 36.4 Å². The highest BCUT2D eigenvalue weighted by molar-refractivity contribution is 5.79. The molecule has 0 atom stereocenters. The number of rotatable bonds is 0. The minimum absolute atomic E-state index is 0.804. The van der Waals surface area contributed by atoms with E-state index >= 15 is 0 Å². The van der Waals surface area contributed by atoms with Crippen molar-refractivity contribution < 1.29 is 0 Å².